The number of likely N-dealkylation sites (N-methyl/N-ethyl adjacent to an activating group) is 1. The predicted molar refractivity (Wildman–Crippen MR) is 155 cm³/mol. The highest BCUT2D eigenvalue weighted by molar-refractivity contribution is 9.10. The zero-order valence-corrected chi connectivity index (χ0v) is 23.9. The van der Waals surface area contributed by atoms with E-state index in [9.17, 15) is 9.59 Å². The van der Waals surface area contributed by atoms with Crippen molar-refractivity contribution in [2.75, 3.05) is 33.8 Å². The van der Waals surface area contributed by atoms with Crippen LogP contribution in [0.5, 0.6) is 5.75 Å². The molecule has 0 radical (unpaired) electrons. The summed E-state index contributed by atoms with van der Waals surface area (Å²) in [6, 6.07) is 21.2. The number of hydrogen-bond acceptors (Lipinski definition) is 5. The summed E-state index contributed by atoms with van der Waals surface area (Å²) in [7, 11) is 3.92. The van der Waals surface area contributed by atoms with Crippen LogP contribution in [0.25, 0.3) is 16.6 Å². The second-order valence-corrected chi connectivity index (χ2v) is 10.5. The van der Waals surface area contributed by atoms with Crippen LogP contribution in [0.3, 0.4) is 0 Å². The summed E-state index contributed by atoms with van der Waals surface area (Å²) >= 11 is 9.45. The minimum atomic E-state index is -0.461. The molecule has 4 aromatic rings. The van der Waals surface area contributed by atoms with E-state index in [1.807, 2.05) is 68.4 Å². The SMILES string of the molecule is CCC(c1nc2ccccc2c(=O)n1-c1ccc(Br)cc1)N(CCN(C)C)C(=O)COc1ccc(Cl)cc1. The first kappa shape index (κ1) is 27.8. The summed E-state index contributed by atoms with van der Waals surface area (Å²) in [5.41, 5.74) is 1.10. The monoisotopic (exact) mass is 596 g/mol. The molecular formula is C29H30BrClN4O3. The van der Waals surface area contributed by atoms with Gasteiger partial charge in [-0.1, -0.05) is 46.6 Å². The van der Waals surface area contributed by atoms with E-state index in [1.54, 1.807) is 39.8 Å². The molecule has 1 aromatic heterocycles. The zero-order valence-electron chi connectivity index (χ0n) is 21.6. The summed E-state index contributed by atoms with van der Waals surface area (Å²) in [4.78, 5) is 36.2. The number of nitrogens with zero attached hydrogens (tertiary/aromatic N) is 4. The van der Waals surface area contributed by atoms with Crippen LogP contribution >= 0.6 is 27.5 Å². The van der Waals surface area contributed by atoms with Gasteiger partial charge in [0, 0.05) is 22.6 Å². The number of carbonyl (C=O) groups is 1. The van der Waals surface area contributed by atoms with Crippen molar-refractivity contribution in [2.45, 2.75) is 19.4 Å². The number of amides is 1. The van der Waals surface area contributed by atoms with Crippen molar-refractivity contribution in [1.29, 1.82) is 0 Å². The number of fused-ring (bicyclic) bond motifs is 1. The molecule has 1 heterocycles. The molecule has 38 heavy (non-hydrogen) atoms. The normalized spacial score (nSPS) is 12.1. The fourth-order valence-electron chi connectivity index (χ4n) is 4.28. The first-order valence-electron chi connectivity index (χ1n) is 12.4. The Balaban J connectivity index is 1.79. The number of aromatic nitrogens is 2. The first-order chi connectivity index (χ1) is 18.3. The van der Waals surface area contributed by atoms with E-state index in [0.717, 1.165) is 4.47 Å². The van der Waals surface area contributed by atoms with Gasteiger partial charge >= 0.3 is 0 Å². The second kappa shape index (κ2) is 12.6. The molecule has 0 saturated carbocycles. The van der Waals surface area contributed by atoms with Crippen molar-refractivity contribution < 1.29 is 9.53 Å². The molecule has 0 fully saturated rings. The highest BCUT2D eigenvalue weighted by atomic mass is 79.9. The third-order valence-electron chi connectivity index (χ3n) is 6.23. The smallest absolute Gasteiger partial charge is 0.266 e. The Labute approximate surface area is 235 Å². The van der Waals surface area contributed by atoms with E-state index in [0.29, 0.717) is 52.7 Å². The van der Waals surface area contributed by atoms with Gasteiger partial charge in [0.1, 0.15) is 11.6 Å². The lowest BCUT2D eigenvalue weighted by atomic mass is 10.1. The van der Waals surface area contributed by atoms with Crippen LogP contribution in [0, 0.1) is 0 Å². The van der Waals surface area contributed by atoms with Crippen molar-refractivity contribution >= 4 is 44.3 Å². The van der Waals surface area contributed by atoms with E-state index >= 15 is 0 Å². The van der Waals surface area contributed by atoms with Crippen LogP contribution in [0.4, 0.5) is 0 Å². The summed E-state index contributed by atoms with van der Waals surface area (Å²) in [5, 5.41) is 1.11. The lowest BCUT2D eigenvalue weighted by Gasteiger charge is -2.33. The number of ether oxygens (including phenoxy) is 1. The third kappa shape index (κ3) is 6.43. The number of hydrogen-bond donors (Lipinski definition) is 0. The third-order valence-corrected chi connectivity index (χ3v) is 7.01. The fraction of sp³-hybridized carbons (Fsp3) is 0.276. The molecule has 1 atom stereocenters. The second-order valence-electron chi connectivity index (χ2n) is 9.16. The van der Waals surface area contributed by atoms with Gasteiger partial charge in [0.05, 0.1) is 22.6 Å². The van der Waals surface area contributed by atoms with Gasteiger partial charge in [-0.05, 0) is 81.2 Å². The van der Waals surface area contributed by atoms with Crippen LogP contribution in [0.1, 0.15) is 25.2 Å². The minimum absolute atomic E-state index is 0.151. The number of rotatable bonds is 10. The average Bonchev–Trinajstić information content (AvgIpc) is 2.91. The maximum atomic E-state index is 13.8. The average molecular weight is 598 g/mol. The Hall–Kier alpha value is -3.20. The van der Waals surface area contributed by atoms with E-state index in [1.165, 1.54) is 0 Å². The number of para-hydroxylation sites is 1. The van der Waals surface area contributed by atoms with Gasteiger partial charge < -0.3 is 14.5 Å². The van der Waals surface area contributed by atoms with Crippen molar-refractivity contribution in [2.24, 2.45) is 0 Å². The number of carbonyl (C=O) groups excluding carboxylic acids is 1. The van der Waals surface area contributed by atoms with Crippen LogP contribution < -0.4 is 10.3 Å². The molecule has 0 spiro atoms. The summed E-state index contributed by atoms with van der Waals surface area (Å²) in [6.07, 6.45) is 0.557. The van der Waals surface area contributed by atoms with Gasteiger partial charge in [0.25, 0.3) is 11.5 Å². The largest absolute Gasteiger partial charge is 0.484 e. The van der Waals surface area contributed by atoms with E-state index in [4.69, 9.17) is 21.3 Å². The van der Waals surface area contributed by atoms with Gasteiger partial charge in [-0.2, -0.15) is 0 Å². The van der Waals surface area contributed by atoms with Crippen molar-refractivity contribution in [3.05, 3.63) is 98.5 Å². The maximum Gasteiger partial charge on any atom is 0.266 e. The molecule has 1 amide bonds. The van der Waals surface area contributed by atoms with Gasteiger partial charge in [0.15, 0.2) is 6.61 Å². The van der Waals surface area contributed by atoms with Gasteiger partial charge in [-0.15, -0.1) is 0 Å². The number of benzene rings is 3. The fourth-order valence-corrected chi connectivity index (χ4v) is 4.67. The predicted octanol–water partition coefficient (Wildman–Crippen LogP) is 5.72. The number of halogens is 2. The Morgan fingerprint density at radius 2 is 1.71 bits per heavy atom. The molecule has 198 valence electrons. The highest BCUT2D eigenvalue weighted by Gasteiger charge is 2.29. The minimum Gasteiger partial charge on any atom is -0.484 e. The lowest BCUT2D eigenvalue weighted by molar-refractivity contribution is -0.136. The van der Waals surface area contributed by atoms with Crippen LogP contribution in [-0.4, -0.2) is 59.0 Å². The lowest BCUT2D eigenvalue weighted by Crippen LogP contribution is -2.43. The quantitative estimate of drug-likeness (QED) is 0.234. The molecule has 1 unspecified atom stereocenters. The molecule has 4 rings (SSSR count). The van der Waals surface area contributed by atoms with E-state index in [-0.39, 0.29) is 18.1 Å². The van der Waals surface area contributed by atoms with Crippen LogP contribution in [0.15, 0.2) is 82.1 Å². The zero-order chi connectivity index (χ0) is 27.2. The molecule has 0 bridgehead atoms. The standard InChI is InChI=1S/C29H30BrClN4O3/c1-4-26(34(18-17-33(2)3)27(36)19-38-23-15-11-21(31)12-16-23)28-32-25-8-6-5-7-24(25)29(37)35(28)22-13-9-20(30)10-14-22/h5-16,26H,4,17-19H2,1-3H3. The van der Waals surface area contributed by atoms with E-state index < -0.39 is 6.04 Å². The van der Waals surface area contributed by atoms with Crippen molar-refractivity contribution in [3.63, 3.8) is 0 Å². The van der Waals surface area contributed by atoms with Gasteiger partial charge in [-0.25, -0.2) is 4.98 Å². The molecule has 0 aliphatic rings. The molecule has 9 heteroatoms. The van der Waals surface area contributed by atoms with Crippen LogP contribution in [0.2, 0.25) is 5.02 Å². The maximum absolute atomic E-state index is 13.8. The Bertz CT molecular complexity index is 1460. The highest BCUT2D eigenvalue weighted by Crippen LogP contribution is 2.27. The Morgan fingerprint density at radius 3 is 2.37 bits per heavy atom. The van der Waals surface area contributed by atoms with Crippen molar-refractivity contribution in [3.8, 4) is 11.4 Å². The first-order valence-corrected chi connectivity index (χ1v) is 13.6. The Kier molecular flexibility index (Phi) is 9.20. The summed E-state index contributed by atoms with van der Waals surface area (Å²) in [5.74, 6) is 0.870. The molecule has 0 N–H and O–H groups in total. The summed E-state index contributed by atoms with van der Waals surface area (Å²) < 4.78 is 8.33. The molecule has 0 aliphatic carbocycles. The molecule has 7 nitrogen and oxygen atoms in total. The van der Waals surface area contributed by atoms with Crippen LogP contribution in [-0.2, 0) is 4.79 Å². The summed E-state index contributed by atoms with van der Waals surface area (Å²) in [6.45, 7) is 2.92. The molecular weight excluding hydrogens is 568 g/mol. The van der Waals surface area contributed by atoms with Crippen molar-refractivity contribution in [1.82, 2.24) is 19.4 Å². The molecule has 0 saturated heterocycles. The topological polar surface area (TPSA) is 67.7 Å². The Morgan fingerprint density at radius 1 is 1.03 bits per heavy atom. The molecule has 3 aromatic carbocycles. The molecule has 0 aliphatic heterocycles. The van der Waals surface area contributed by atoms with Gasteiger partial charge in [-0.3, -0.25) is 14.2 Å². The van der Waals surface area contributed by atoms with E-state index in [2.05, 4.69) is 15.9 Å². The van der Waals surface area contributed by atoms with Gasteiger partial charge in [0.2, 0.25) is 0 Å².